The highest BCUT2D eigenvalue weighted by molar-refractivity contribution is 6.27. The molecule has 0 radical (unpaired) electrons. The van der Waals surface area contributed by atoms with Crippen LogP contribution in [-0.2, 0) is 9.59 Å². The second kappa shape index (κ2) is 9.76. The number of carboxylic acid groups (broad SMARTS) is 2. The first-order valence-corrected chi connectivity index (χ1v) is 5.97. The zero-order valence-corrected chi connectivity index (χ0v) is 11.2. The van der Waals surface area contributed by atoms with Gasteiger partial charge in [0.25, 0.3) is 0 Å². The molecule has 20 heavy (non-hydrogen) atoms. The zero-order valence-electron chi connectivity index (χ0n) is 11.2. The van der Waals surface area contributed by atoms with Crippen LogP contribution in [0.2, 0.25) is 0 Å². The van der Waals surface area contributed by atoms with Gasteiger partial charge in [-0.15, -0.1) is 0 Å². The molecule has 1 aromatic rings. The first-order valence-electron chi connectivity index (χ1n) is 5.97. The highest BCUT2D eigenvalue weighted by Gasteiger charge is 2.04. The molecular formula is C13H19NO6. The van der Waals surface area contributed by atoms with Crippen LogP contribution >= 0.6 is 0 Å². The third-order valence-electron chi connectivity index (χ3n) is 2.16. The number of aliphatic hydroxyl groups is 1. The minimum Gasteiger partial charge on any atom is -0.494 e. The number of aliphatic carboxylic acids is 2. The van der Waals surface area contributed by atoms with E-state index >= 15 is 0 Å². The lowest BCUT2D eigenvalue weighted by molar-refractivity contribution is -0.159. The first kappa shape index (κ1) is 17.9. The van der Waals surface area contributed by atoms with Gasteiger partial charge in [0.2, 0.25) is 0 Å². The molecule has 7 nitrogen and oxygen atoms in total. The van der Waals surface area contributed by atoms with E-state index in [-0.39, 0.29) is 12.6 Å². The van der Waals surface area contributed by atoms with Gasteiger partial charge < -0.3 is 25.8 Å². The standard InChI is InChI=1S/C11H17NO2.C2H2O4/c1-2-7-14-10-5-3-9(4-6-10)11(12)8-13;3-1(4)2(5)6/h3-6,11,13H,2,7-8,12H2,1H3;(H,3,4)(H,5,6). The summed E-state index contributed by atoms with van der Waals surface area (Å²) in [6, 6.07) is 7.22. The Morgan fingerprint density at radius 2 is 1.70 bits per heavy atom. The largest absolute Gasteiger partial charge is 0.494 e. The van der Waals surface area contributed by atoms with Crippen molar-refractivity contribution >= 4 is 11.9 Å². The van der Waals surface area contributed by atoms with Crippen molar-refractivity contribution in [1.29, 1.82) is 0 Å². The Balaban J connectivity index is 0.000000511. The van der Waals surface area contributed by atoms with E-state index in [2.05, 4.69) is 6.92 Å². The molecule has 0 aliphatic rings. The number of hydrogen-bond acceptors (Lipinski definition) is 5. The molecule has 1 rings (SSSR count). The maximum Gasteiger partial charge on any atom is 0.414 e. The summed E-state index contributed by atoms with van der Waals surface area (Å²) in [7, 11) is 0. The van der Waals surface area contributed by atoms with E-state index in [1.165, 1.54) is 0 Å². The van der Waals surface area contributed by atoms with Crippen molar-refractivity contribution in [3.8, 4) is 5.75 Å². The van der Waals surface area contributed by atoms with E-state index in [9.17, 15) is 0 Å². The third kappa shape index (κ3) is 7.34. The summed E-state index contributed by atoms with van der Waals surface area (Å²) in [5.41, 5.74) is 6.58. The lowest BCUT2D eigenvalue weighted by Crippen LogP contribution is -2.14. The molecule has 0 aliphatic carbocycles. The predicted molar refractivity (Wildman–Crippen MR) is 71.5 cm³/mol. The van der Waals surface area contributed by atoms with Gasteiger partial charge in [-0.3, -0.25) is 0 Å². The molecule has 1 atom stereocenters. The topological polar surface area (TPSA) is 130 Å². The molecule has 5 N–H and O–H groups in total. The molecule has 0 saturated carbocycles. The smallest absolute Gasteiger partial charge is 0.414 e. The van der Waals surface area contributed by atoms with Gasteiger partial charge in [0.1, 0.15) is 5.75 Å². The second-order valence-corrected chi connectivity index (χ2v) is 3.82. The molecule has 1 aromatic carbocycles. The summed E-state index contributed by atoms with van der Waals surface area (Å²) in [5, 5.41) is 23.6. The molecule has 0 aliphatic heterocycles. The fourth-order valence-electron chi connectivity index (χ4n) is 1.14. The van der Waals surface area contributed by atoms with Crippen molar-refractivity contribution in [2.75, 3.05) is 13.2 Å². The van der Waals surface area contributed by atoms with Gasteiger partial charge in [-0.25, -0.2) is 9.59 Å². The van der Waals surface area contributed by atoms with Gasteiger partial charge >= 0.3 is 11.9 Å². The number of ether oxygens (including phenoxy) is 1. The van der Waals surface area contributed by atoms with E-state index in [4.69, 9.17) is 35.4 Å². The molecule has 7 heteroatoms. The summed E-state index contributed by atoms with van der Waals surface area (Å²) in [6.45, 7) is 2.76. The predicted octanol–water partition coefficient (Wildman–Crippen LogP) is 0.623. The van der Waals surface area contributed by atoms with Crippen LogP contribution in [0, 0.1) is 0 Å². The van der Waals surface area contributed by atoms with Crippen LogP contribution in [0.5, 0.6) is 5.75 Å². The molecule has 0 spiro atoms. The fourth-order valence-corrected chi connectivity index (χ4v) is 1.14. The minimum absolute atomic E-state index is 0.0326. The Labute approximate surface area is 116 Å². The highest BCUT2D eigenvalue weighted by Crippen LogP contribution is 2.16. The van der Waals surface area contributed by atoms with Gasteiger partial charge in [0, 0.05) is 0 Å². The molecule has 0 saturated heterocycles. The SMILES string of the molecule is CCCOc1ccc(C(N)CO)cc1.O=C(O)C(=O)O. The van der Waals surface area contributed by atoms with Crippen molar-refractivity contribution in [3.05, 3.63) is 29.8 Å². The van der Waals surface area contributed by atoms with Gasteiger partial charge in [-0.05, 0) is 24.1 Å². The Morgan fingerprint density at radius 3 is 2.05 bits per heavy atom. The quantitative estimate of drug-likeness (QED) is 0.583. The lowest BCUT2D eigenvalue weighted by Gasteiger charge is -2.09. The number of benzene rings is 1. The number of rotatable bonds is 5. The van der Waals surface area contributed by atoms with E-state index in [0.717, 1.165) is 24.3 Å². The van der Waals surface area contributed by atoms with E-state index in [1.54, 1.807) is 0 Å². The Kier molecular flexibility index (Phi) is 8.73. The van der Waals surface area contributed by atoms with Crippen LogP contribution in [0.15, 0.2) is 24.3 Å². The van der Waals surface area contributed by atoms with Crippen molar-refractivity contribution < 1.29 is 29.6 Å². The molecule has 112 valence electrons. The molecular weight excluding hydrogens is 266 g/mol. The van der Waals surface area contributed by atoms with Crippen LogP contribution in [0.1, 0.15) is 24.9 Å². The molecule has 0 amide bonds. The third-order valence-corrected chi connectivity index (χ3v) is 2.16. The van der Waals surface area contributed by atoms with Crippen molar-refractivity contribution in [1.82, 2.24) is 0 Å². The van der Waals surface area contributed by atoms with E-state index in [1.807, 2.05) is 24.3 Å². The van der Waals surface area contributed by atoms with Crippen molar-refractivity contribution in [2.24, 2.45) is 5.73 Å². The number of hydrogen-bond donors (Lipinski definition) is 4. The Morgan fingerprint density at radius 1 is 1.20 bits per heavy atom. The molecule has 1 unspecified atom stereocenters. The van der Waals surface area contributed by atoms with Crippen LogP contribution in [0.4, 0.5) is 0 Å². The lowest BCUT2D eigenvalue weighted by atomic mass is 10.1. The number of nitrogens with two attached hydrogens (primary N) is 1. The molecule has 0 heterocycles. The molecule has 0 aromatic heterocycles. The number of aliphatic hydroxyl groups excluding tert-OH is 1. The van der Waals surface area contributed by atoms with Crippen molar-refractivity contribution in [3.63, 3.8) is 0 Å². The van der Waals surface area contributed by atoms with Crippen LogP contribution in [-0.4, -0.2) is 40.5 Å². The fraction of sp³-hybridized carbons (Fsp3) is 0.385. The number of carboxylic acids is 2. The van der Waals surface area contributed by atoms with Gasteiger partial charge in [-0.1, -0.05) is 19.1 Å². The van der Waals surface area contributed by atoms with Gasteiger partial charge in [-0.2, -0.15) is 0 Å². The number of carbonyl (C=O) groups is 2. The Bertz CT molecular complexity index is 405. The Hall–Kier alpha value is -2.12. The average molecular weight is 285 g/mol. The van der Waals surface area contributed by atoms with Gasteiger partial charge in [0.05, 0.1) is 19.3 Å². The van der Waals surface area contributed by atoms with E-state index < -0.39 is 11.9 Å². The maximum atomic E-state index is 9.10. The maximum absolute atomic E-state index is 9.10. The highest BCUT2D eigenvalue weighted by atomic mass is 16.5. The minimum atomic E-state index is -1.82. The van der Waals surface area contributed by atoms with E-state index in [0.29, 0.717) is 0 Å². The average Bonchev–Trinajstić information content (AvgIpc) is 2.45. The summed E-state index contributed by atoms with van der Waals surface area (Å²) >= 11 is 0. The van der Waals surface area contributed by atoms with Crippen LogP contribution in [0.3, 0.4) is 0 Å². The molecule has 0 fully saturated rings. The summed E-state index contributed by atoms with van der Waals surface area (Å²) in [4.78, 5) is 18.2. The van der Waals surface area contributed by atoms with Crippen molar-refractivity contribution in [2.45, 2.75) is 19.4 Å². The molecule has 0 bridgehead atoms. The normalized spacial score (nSPS) is 10.9. The zero-order chi connectivity index (χ0) is 15.5. The summed E-state index contributed by atoms with van der Waals surface area (Å²) < 4.78 is 5.42. The second-order valence-electron chi connectivity index (χ2n) is 3.82. The monoisotopic (exact) mass is 285 g/mol. The van der Waals surface area contributed by atoms with Crippen LogP contribution < -0.4 is 10.5 Å². The first-order chi connectivity index (χ1) is 9.42. The van der Waals surface area contributed by atoms with Gasteiger partial charge in [0.15, 0.2) is 0 Å². The summed E-state index contributed by atoms with van der Waals surface area (Å²) in [5.74, 6) is -2.80. The van der Waals surface area contributed by atoms with Crippen LogP contribution in [0.25, 0.3) is 0 Å². The summed E-state index contributed by atoms with van der Waals surface area (Å²) in [6.07, 6.45) is 0.998.